The van der Waals surface area contributed by atoms with Crippen LogP contribution in [0.4, 0.5) is 0 Å². The molecule has 1 amide bonds. The van der Waals surface area contributed by atoms with Crippen LogP contribution in [-0.2, 0) is 9.59 Å². The Morgan fingerprint density at radius 2 is 1.88 bits per heavy atom. The summed E-state index contributed by atoms with van der Waals surface area (Å²) in [7, 11) is 0. The number of hydrogen-bond donors (Lipinski definition) is 2. The average molecular weight is 227 g/mol. The molecule has 0 aromatic rings. The zero-order chi connectivity index (χ0) is 12.1. The third-order valence-electron chi connectivity index (χ3n) is 3.34. The van der Waals surface area contributed by atoms with E-state index in [1.54, 1.807) is 0 Å². The second-order valence-corrected chi connectivity index (χ2v) is 4.86. The van der Waals surface area contributed by atoms with Gasteiger partial charge in [-0.1, -0.05) is 32.6 Å². The van der Waals surface area contributed by atoms with Crippen molar-refractivity contribution in [3.05, 3.63) is 0 Å². The van der Waals surface area contributed by atoms with Crippen molar-refractivity contribution in [1.82, 2.24) is 5.32 Å². The predicted octanol–water partition coefficient (Wildman–Crippen LogP) is 1.79. The predicted molar refractivity (Wildman–Crippen MR) is 61.0 cm³/mol. The van der Waals surface area contributed by atoms with E-state index in [1.807, 2.05) is 6.92 Å². The van der Waals surface area contributed by atoms with E-state index in [0.29, 0.717) is 5.92 Å². The molecule has 1 aliphatic rings. The van der Waals surface area contributed by atoms with Crippen molar-refractivity contribution in [2.75, 3.05) is 0 Å². The first-order chi connectivity index (χ1) is 7.50. The Hall–Kier alpha value is -1.06. The van der Waals surface area contributed by atoms with Crippen LogP contribution in [0.3, 0.4) is 0 Å². The highest BCUT2D eigenvalue weighted by atomic mass is 16.4. The Morgan fingerprint density at radius 1 is 1.31 bits per heavy atom. The van der Waals surface area contributed by atoms with Crippen LogP contribution >= 0.6 is 0 Å². The molecule has 2 atom stereocenters. The summed E-state index contributed by atoms with van der Waals surface area (Å²) in [6, 6.07) is -0.793. The number of carbonyl (C=O) groups excluding carboxylic acids is 1. The summed E-state index contributed by atoms with van der Waals surface area (Å²) in [5, 5.41) is 11.2. The topological polar surface area (TPSA) is 66.4 Å². The minimum absolute atomic E-state index is 0.0788. The Morgan fingerprint density at radius 3 is 2.38 bits per heavy atom. The summed E-state index contributed by atoms with van der Waals surface area (Å²) in [6.07, 6.45) is 5.85. The molecule has 0 aliphatic heterocycles. The molecule has 0 saturated heterocycles. The molecule has 1 saturated carbocycles. The monoisotopic (exact) mass is 227 g/mol. The molecule has 4 nitrogen and oxygen atoms in total. The molecule has 0 heterocycles. The lowest BCUT2D eigenvalue weighted by molar-refractivity contribution is -0.141. The van der Waals surface area contributed by atoms with Gasteiger partial charge in [0, 0.05) is 5.92 Å². The molecule has 0 aromatic heterocycles. The first-order valence-corrected chi connectivity index (χ1v) is 6.04. The largest absolute Gasteiger partial charge is 0.480 e. The van der Waals surface area contributed by atoms with Crippen LogP contribution in [0.5, 0.6) is 0 Å². The van der Waals surface area contributed by atoms with Gasteiger partial charge in [-0.15, -0.1) is 0 Å². The van der Waals surface area contributed by atoms with Crippen LogP contribution in [0.1, 0.15) is 46.0 Å². The summed E-state index contributed by atoms with van der Waals surface area (Å²) >= 11 is 0. The summed E-state index contributed by atoms with van der Waals surface area (Å²) in [6.45, 7) is 3.37. The number of nitrogens with one attached hydrogen (secondary N) is 1. The zero-order valence-corrected chi connectivity index (χ0v) is 10.0. The van der Waals surface area contributed by atoms with E-state index in [4.69, 9.17) is 5.11 Å². The van der Waals surface area contributed by atoms with Gasteiger partial charge in [-0.25, -0.2) is 0 Å². The van der Waals surface area contributed by atoms with E-state index in [1.165, 1.54) is 32.6 Å². The van der Waals surface area contributed by atoms with Gasteiger partial charge in [0.05, 0.1) is 0 Å². The molecule has 16 heavy (non-hydrogen) atoms. The van der Waals surface area contributed by atoms with Crippen molar-refractivity contribution in [3.63, 3.8) is 0 Å². The van der Waals surface area contributed by atoms with Gasteiger partial charge >= 0.3 is 5.97 Å². The van der Waals surface area contributed by atoms with Crippen LogP contribution in [-0.4, -0.2) is 23.0 Å². The fraction of sp³-hybridized carbons (Fsp3) is 0.833. The van der Waals surface area contributed by atoms with Crippen molar-refractivity contribution in [1.29, 1.82) is 0 Å². The van der Waals surface area contributed by atoms with Gasteiger partial charge in [0.2, 0.25) is 5.91 Å². The molecule has 92 valence electrons. The van der Waals surface area contributed by atoms with Crippen molar-refractivity contribution in [2.45, 2.75) is 52.0 Å². The van der Waals surface area contributed by atoms with E-state index in [-0.39, 0.29) is 11.8 Å². The molecular formula is C12H21NO3. The number of carboxylic acid groups (broad SMARTS) is 1. The third kappa shape index (κ3) is 3.83. The SMILES string of the molecule is CC(CC1CCCC1)C(=O)N[C@H](C)C(=O)O. The second kappa shape index (κ2) is 5.87. The number of carboxylic acids is 1. The molecule has 1 unspecified atom stereocenters. The fourth-order valence-electron chi connectivity index (χ4n) is 2.27. The number of hydrogen-bond acceptors (Lipinski definition) is 2. The van der Waals surface area contributed by atoms with E-state index in [0.717, 1.165) is 6.42 Å². The zero-order valence-electron chi connectivity index (χ0n) is 10.0. The van der Waals surface area contributed by atoms with Crippen LogP contribution in [0.2, 0.25) is 0 Å². The molecule has 1 fully saturated rings. The van der Waals surface area contributed by atoms with E-state index >= 15 is 0 Å². The molecular weight excluding hydrogens is 206 g/mol. The fourth-order valence-corrected chi connectivity index (χ4v) is 2.27. The first-order valence-electron chi connectivity index (χ1n) is 6.04. The van der Waals surface area contributed by atoms with Gasteiger partial charge in [0.25, 0.3) is 0 Å². The third-order valence-corrected chi connectivity index (χ3v) is 3.34. The quantitative estimate of drug-likeness (QED) is 0.752. The van der Waals surface area contributed by atoms with Gasteiger partial charge < -0.3 is 10.4 Å². The Bertz CT molecular complexity index is 259. The highest BCUT2D eigenvalue weighted by Gasteiger charge is 2.23. The number of amides is 1. The van der Waals surface area contributed by atoms with Gasteiger partial charge in [-0.3, -0.25) is 9.59 Å². The number of aliphatic carboxylic acids is 1. The lowest BCUT2D eigenvalue weighted by Crippen LogP contribution is -2.41. The van der Waals surface area contributed by atoms with Crippen LogP contribution in [0, 0.1) is 11.8 Å². The summed E-state index contributed by atoms with van der Waals surface area (Å²) < 4.78 is 0. The smallest absolute Gasteiger partial charge is 0.325 e. The van der Waals surface area contributed by atoms with Gasteiger partial charge in [-0.2, -0.15) is 0 Å². The lowest BCUT2D eigenvalue weighted by Gasteiger charge is -2.17. The van der Waals surface area contributed by atoms with Crippen LogP contribution in [0.25, 0.3) is 0 Å². The van der Waals surface area contributed by atoms with Gasteiger partial charge in [0.1, 0.15) is 6.04 Å². The average Bonchev–Trinajstić information content (AvgIpc) is 2.69. The Balaban J connectivity index is 2.32. The summed E-state index contributed by atoms with van der Waals surface area (Å²) in [5.41, 5.74) is 0. The van der Waals surface area contributed by atoms with Crippen molar-refractivity contribution < 1.29 is 14.7 Å². The summed E-state index contributed by atoms with van der Waals surface area (Å²) in [4.78, 5) is 22.3. The second-order valence-electron chi connectivity index (χ2n) is 4.86. The van der Waals surface area contributed by atoms with Gasteiger partial charge in [0.15, 0.2) is 0 Å². The normalized spacial score (nSPS) is 20.4. The molecule has 4 heteroatoms. The van der Waals surface area contributed by atoms with Crippen molar-refractivity contribution in [3.8, 4) is 0 Å². The molecule has 0 radical (unpaired) electrons. The highest BCUT2D eigenvalue weighted by molar-refractivity contribution is 5.84. The van der Waals surface area contributed by atoms with Crippen LogP contribution in [0.15, 0.2) is 0 Å². The van der Waals surface area contributed by atoms with Crippen molar-refractivity contribution >= 4 is 11.9 Å². The number of rotatable bonds is 5. The molecule has 0 spiro atoms. The highest BCUT2D eigenvalue weighted by Crippen LogP contribution is 2.30. The minimum atomic E-state index is -0.985. The lowest BCUT2D eigenvalue weighted by atomic mass is 9.94. The molecule has 1 rings (SSSR count). The summed E-state index contributed by atoms with van der Waals surface area (Å²) in [5.74, 6) is -0.547. The molecule has 0 bridgehead atoms. The van der Waals surface area contributed by atoms with Crippen molar-refractivity contribution in [2.24, 2.45) is 11.8 Å². The number of carbonyl (C=O) groups is 2. The molecule has 0 aromatic carbocycles. The van der Waals surface area contributed by atoms with E-state index in [2.05, 4.69) is 5.32 Å². The Labute approximate surface area is 96.4 Å². The van der Waals surface area contributed by atoms with Gasteiger partial charge in [-0.05, 0) is 19.3 Å². The Kier molecular flexibility index (Phi) is 4.77. The minimum Gasteiger partial charge on any atom is -0.480 e. The first kappa shape index (κ1) is 13.0. The van der Waals surface area contributed by atoms with E-state index < -0.39 is 12.0 Å². The van der Waals surface area contributed by atoms with Crippen LogP contribution < -0.4 is 5.32 Å². The standard InChI is InChI=1S/C12H21NO3/c1-8(7-10-5-3-4-6-10)11(14)13-9(2)12(15)16/h8-10H,3-7H2,1-2H3,(H,13,14)(H,15,16)/t8?,9-/m1/s1. The maximum absolute atomic E-state index is 11.7. The van der Waals surface area contributed by atoms with E-state index in [9.17, 15) is 9.59 Å². The maximum atomic E-state index is 11.7. The molecule has 2 N–H and O–H groups in total. The molecule has 1 aliphatic carbocycles. The maximum Gasteiger partial charge on any atom is 0.325 e.